The summed E-state index contributed by atoms with van der Waals surface area (Å²) in [5.74, 6) is -1.09. The number of phenols is 1. The number of amides is 1. The average Bonchev–Trinajstić information content (AvgIpc) is 2.51. The number of carboxylic acid groups (broad SMARTS) is 1. The van der Waals surface area contributed by atoms with Gasteiger partial charge in [-0.2, -0.15) is 0 Å². The fourth-order valence-electron chi connectivity index (χ4n) is 3.00. The molecule has 1 aromatic rings. The number of allylic oxidation sites excluding steroid dienone is 2. The molecule has 0 saturated carbocycles. The molecule has 1 aromatic carbocycles. The number of hydrogen-bond donors (Lipinski definition) is 2. The van der Waals surface area contributed by atoms with Gasteiger partial charge in [-0.3, -0.25) is 9.69 Å². The average molecular weight is 339 g/mol. The topological polar surface area (TPSA) is 77.8 Å². The molecular formula is C18H22NNaO4. The molecule has 0 bridgehead atoms. The maximum absolute atomic E-state index is 12.3. The van der Waals surface area contributed by atoms with Crippen LogP contribution in [0.3, 0.4) is 0 Å². The van der Waals surface area contributed by atoms with Crippen LogP contribution >= 0.6 is 0 Å². The van der Waals surface area contributed by atoms with E-state index in [9.17, 15) is 19.8 Å². The first-order valence-electron chi connectivity index (χ1n) is 7.55. The summed E-state index contributed by atoms with van der Waals surface area (Å²) in [4.78, 5) is 25.0. The number of anilines is 1. The minimum atomic E-state index is -1.06. The van der Waals surface area contributed by atoms with E-state index in [2.05, 4.69) is 13.2 Å². The molecule has 0 saturated heterocycles. The molecule has 5 nitrogen and oxygen atoms in total. The van der Waals surface area contributed by atoms with Crippen molar-refractivity contribution in [1.29, 1.82) is 0 Å². The molecule has 24 heavy (non-hydrogen) atoms. The van der Waals surface area contributed by atoms with Crippen LogP contribution in [0, 0.1) is 0 Å². The maximum atomic E-state index is 12.3. The SMILES string of the molecule is C=CCc1cc2c(c(CC=C)c1O)CCC(=O)N2C(C)C(=O)O.[H-].[Na+]. The minimum Gasteiger partial charge on any atom is -1.00 e. The summed E-state index contributed by atoms with van der Waals surface area (Å²) in [5, 5.41) is 19.8. The van der Waals surface area contributed by atoms with Crippen LogP contribution in [0.1, 0.15) is 31.5 Å². The molecule has 1 aliphatic rings. The Bertz CT molecular complexity index is 690. The van der Waals surface area contributed by atoms with Gasteiger partial charge in [0.2, 0.25) is 5.91 Å². The van der Waals surface area contributed by atoms with Crippen molar-refractivity contribution >= 4 is 17.6 Å². The third-order valence-corrected chi connectivity index (χ3v) is 4.15. The summed E-state index contributed by atoms with van der Waals surface area (Å²) in [7, 11) is 0. The Kier molecular flexibility index (Phi) is 7.27. The van der Waals surface area contributed by atoms with Crippen molar-refractivity contribution < 1.29 is 50.8 Å². The van der Waals surface area contributed by atoms with E-state index in [1.807, 2.05) is 0 Å². The molecule has 2 N–H and O–H groups in total. The van der Waals surface area contributed by atoms with Crippen molar-refractivity contribution in [2.75, 3.05) is 4.90 Å². The monoisotopic (exact) mass is 339 g/mol. The van der Waals surface area contributed by atoms with Gasteiger partial charge in [-0.15, -0.1) is 13.2 Å². The van der Waals surface area contributed by atoms with Gasteiger partial charge in [-0.1, -0.05) is 12.2 Å². The molecule has 0 aliphatic carbocycles. The second-order valence-electron chi connectivity index (χ2n) is 5.62. The number of rotatable bonds is 6. The van der Waals surface area contributed by atoms with Gasteiger partial charge >= 0.3 is 35.5 Å². The Morgan fingerprint density at radius 1 is 1.38 bits per heavy atom. The zero-order chi connectivity index (χ0) is 17.1. The number of carbonyl (C=O) groups is 2. The van der Waals surface area contributed by atoms with Gasteiger partial charge in [0, 0.05) is 17.7 Å². The molecule has 124 valence electrons. The second-order valence-corrected chi connectivity index (χ2v) is 5.62. The number of carbonyl (C=O) groups excluding carboxylic acids is 1. The molecule has 0 fully saturated rings. The summed E-state index contributed by atoms with van der Waals surface area (Å²) in [6.07, 6.45) is 4.97. The quantitative estimate of drug-likeness (QED) is 0.552. The fraction of sp³-hybridized carbons (Fsp3) is 0.333. The van der Waals surface area contributed by atoms with Crippen LogP contribution in [0.25, 0.3) is 0 Å². The first-order chi connectivity index (χ1) is 10.9. The van der Waals surface area contributed by atoms with Gasteiger partial charge in [-0.05, 0) is 43.4 Å². The van der Waals surface area contributed by atoms with E-state index >= 15 is 0 Å². The zero-order valence-electron chi connectivity index (χ0n) is 15.2. The van der Waals surface area contributed by atoms with Crippen LogP contribution in [0.15, 0.2) is 31.4 Å². The molecule has 0 radical (unpaired) electrons. The van der Waals surface area contributed by atoms with Crippen molar-refractivity contribution in [2.45, 2.75) is 38.6 Å². The van der Waals surface area contributed by atoms with E-state index < -0.39 is 12.0 Å². The maximum Gasteiger partial charge on any atom is 1.00 e. The molecule has 6 heteroatoms. The Morgan fingerprint density at radius 3 is 2.54 bits per heavy atom. The van der Waals surface area contributed by atoms with Crippen LogP contribution in [-0.4, -0.2) is 28.1 Å². The number of fused-ring (bicyclic) bond motifs is 1. The van der Waals surface area contributed by atoms with Crippen LogP contribution in [0.4, 0.5) is 5.69 Å². The van der Waals surface area contributed by atoms with Gasteiger partial charge in [0.05, 0.1) is 0 Å². The molecular weight excluding hydrogens is 317 g/mol. The summed E-state index contributed by atoms with van der Waals surface area (Å²) in [6.45, 7) is 8.88. The predicted molar refractivity (Wildman–Crippen MR) is 89.9 cm³/mol. The predicted octanol–water partition coefficient (Wildman–Crippen LogP) is -0.282. The number of benzene rings is 1. The Balaban J connectivity index is 0.00000288. The smallest absolute Gasteiger partial charge is 1.00 e. The van der Waals surface area contributed by atoms with Crippen molar-refractivity contribution in [2.24, 2.45) is 0 Å². The fourth-order valence-corrected chi connectivity index (χ4v) is 3.00. The van der Waals surface area contributed by atoms with Crippen molar-refractivity contribution in [3.63, 3.8) is 0 Å². The first-order valence-corrected chi connectivity index (χ1v) is 7.55. The van der Waals surface area contributed by atoms with E-state index in [-0.39, 0.29) is 49.1 Å². The van der Waals surface area contributed by atoms with E-state index in [4.69, 9.17) is 0 Å². The Morgan fingerprint density at radius 2 is 2.00 bits per heavy atom. The number of aromatic hydroxyl groups is 1. The van der Waals surface area contributed by atoms with E-state index in [1.54, 1.807) is 18.2 Å². The summed E-state index contributed by atoms with van der Waals surface area (Å²) in [6, 6.07) is 0.745. The molecule has 1 aliphatic heterocycles. The number of nitrogens with zero attached hydrogens (tertiary/aromatic N) is 1. The first kappa shape index (κ1) is 20.5. The molecule has 1 amide bonds. The summed E-state index contributed by atoms with van der Waals surface area (Å²) >= 11 is 0. The Hall–Kier alpha value is -1.56. The van der Waals surface area contributed by atoms with Crippen LogP contribution in [0.2, 0.25) is 0 Å². The zero-order valence-corrected chi connectivity index (χ0v) is 16.2. The second kappa shape index (κ2) is 8.51. The van der Waals surface area contributed by atoms with E-state index in [1.165, 1.54) is 11.8 Å². The molecule has 1 heterocycles. The molecule has 2 rings (SSSR count). The van der Waals surface area contributed by atoms with Crippen LogP contribution < -0.4 is 34.5 Å². The van der Waals surface area contributed by atoms with Crippen molar-refractivity contribution in [3.05, 3.63) is 48.1 Å². The van der Waals surface area contributed by atoms with Crippen LogP contribution in [0.5, 0.6) is 5.75 Å². The van der Waals surface area contributed by atoms with Gasteiger partial charge < -0.3 is 11.6 Å². The van der Waals surface area contributed by atoms with Crippen LogP contribution in [-0.2, 0) is 28.9 Å². The molecule has 0 aromatic heterocycles. The number of hydrogen-bond acceptors (Lipinski definition) is 3. The van der Waals surface area contributed by atoms with E-state index in [0.717, 1.165) is 5.56 Å². The third kappa shape index (κ3) is 3.74. The third-order valence-electron chi connectivity index (χ3n) is 4.15. The standard InChI is InChI=1S/C18H21NO4.Na.H/c1-4-6-12-10-15-13(14(7-5-2)17(12)21)8-9-16(20)19(15)11(3)18(22)23;;/h4-5,10-11,21H,1-2,6-9H2,3H3,(H,22,23);;/q;+1;-1. The van der Waals surface area contributed by atoms with Crippen molar-refractivity contribution in [1.82, 2.24) is 0 Å². The Labute approximate surface area is 165 Å². The molecule has 1 unspecified atom stereocenters. The van der Waals surface area contributed by atoms with Gasteiger partial charge in [-0.25, -0.2) is 4.79 Å². The summed E-state index contributed by atoms with van der Waals surface area (Å²) < 4.78 is 0. The van der Waals surface area contributed by atoms with Crippen molar-refractivity contribution in [3.8, 4) is 5.75 Å². The van der Waals surface area contributed by atoms with E-state index in [0.29, 0.717) is 36.1 Å². The molecule has 1 atom stereocenters. The number of phenolic OH excluding ortho intramolecular Hbond substituents is 1. The van der Waals surface area contributed by atoms with Gasteiger partial charge in [0.25, 0.3) is 0 Å². The van der Waals surface area contributed by atoms with Gasteiger partial charge in [0.1, 0.15) is 11.8 Å². The normalized spacial score (nSPS) is 14.4. The summed E-state index contributed by atoms with van der Waals surface area (Å²) in [5.41, 5.74) is 2.74. The number of aliphatic carboxylic acids is 1. The largest absolute Gasteiger partial charge is 1.00 e. The van der Waals surface area contributed by atoms with Gasteiger partial charge in [0.15, 0.2) is 0 Å². The molecule has 0 spiro atoms. The minimum absolute atomic E-state index is 0. The number of carboxylic acids is 1.